The molecule has 0 bridgehead atoms. The largest absolute Gasteiger partial charge is 0.395 e. The number of hydrogen-bond acceptors (Lipinski definition) is 2. The fourth-order valence-electron chi connectivity index (χ4n) is 1.63. The first-order valence-electron chi connectivity index (χ1n) is 6.67. The minimum Gasteiger partial charge on any atom is -0.395 e. The zero-order chi connectivity index (χ0) is 14.1. The Hall–Kier alpha value is -1.79. The van der Waals surface area contributed by atoms with Crippen molar-refractivity contribution in [2.75, 3.05) is 11.9 Å². The zero-order valence-electron chi connectivity index (χ0n) is 11.6. The maximum absolute atomic E-state index is 11.8. The third-order valence-electron chi connectivity index (χ3n) is 2.67. The van der Waals surface area contributed by atoms with Gasteiger partial charge in [-0.15, -0.1) is 0 Å². The molecule has 3 heteroatoms. The maximum Gasteiger partial charge on any atom is 0.224 e. The van der Waals surface area contributed by atoms with Gasteiger partial charge in [-0.3, -0.25) is 4.79 Å². The van der Waals surface area contributed by atoms with E-state index in [1.165, 1.54) is 0 Å². The van der Waals surface area contributed by atoms with E-state index >= 15 is 0 Å². The van der Waals surface area contributed by atoms with Crippen LogP contribution >= 0.6 is 0 Å². The van der Waals surface area contributed by atoms with Crippen LogP contribution in [0.25, 0.3) is 0 Å². The Morgan fingerprint density at radius 3 is 2.89 bits per heavy atom. The Balaban J connectivity index is 2.83. The Morgan fingerprint density at radius 1 is 1.42 bits per heavy atom. The summed E-state index contributed by atoms with van der Waals surface area (Å²) < 4.78 is 0. The number of benzene rings is 1. The summed E-state index contributed by atoms with van der Waals surface area (Å²) in [5.41, 5.74) is 2.63. The van der Waals surface area contributed by atoms with Gasteiger partial charge in [0.05, 0.1) is 12.3 Å². The minimum atomic E-state index is 0.0256. The second kappa shape index (κ2) is 8.34. The van der Waals surface area contributed by atoms with E-state index in [9.17, 15) is 4.79 Å². The quantitative estimate of drug-likeness (QED) is 0.799. The third-order valence-corrected chi connectivity index (χ3v) is 2.67. The SMILES string of the molecule is CCCCC(=O)Nc1cc(C)ccc1C#CCCO. The molecule has 0 aliphatic heterocycles. The molecule has 0 saturated carbocycles. The number of aliphatic hydroxyl groups excluding tert-OH is 1. The van der Waals surface area contributed by atoms with Crippen LogP contribution in [0.3, 0.4) is 0 Å². The number of carbonyl (C=O) groups is 1. The Kier molecular flexibility index (Phi) is 6.70. The summed E-state index contributed by atoms with van der Waals surface area (Å²) in [4.78, 5) is 11.8. The summed E-state index contributed by atoms with van der Waals surface area (Å²) in [5, 5.41) is 11.6. The average molecular weight is 259 g/mol. The lowest BCUT2D eigenvalue weighted by atomic mass is 10.1. The Bertz CT molecular complexity index is 483. The van der Waals surface area contributed by atoms with Gasteiger partial charge < -0.3 is 10.4 Å². The summed E-state index contributed by atoms with van der Waals surface area (Å²) in [7, 11) is 0. The van der Waals surface area contributed by atoms with Crippen molar-refractivity contribution in [3.8, 4) is 11.8 Å². The van der Waals surface area contributed by atoms with Crippen molar-refractivity contribution in [1.82, 2.24) is 0 Å². The fraction of sp³-hybridized carbons (Fsp3) is 0.438. The lowest BCUT2D eigenvalue weighted by Gasteiger charge is -2.08. The van der Waals surface area contributed by atoms with Crippen molar-refractivity contribution < 1.29 is 9.90 Å². The molecule has 1 rings (SSSR count). The van der Waals surface area contributed by atoms with E-state index in [2.05, 4.69) is 24.1 Å². The van der Waals surface area contributed by atoms with Gasteiger partial charge in [0.15, 0.2) is 0 Å². The number of aliphatic hydroxyl groups is 1. The first-order chi connectivity index (χ1) is 9.17. The molecule has 0 aromatic heterocycles. The predicted molar refractivity (Wildman–Crippen MR) is 77.9 cm³/mol. The third kappa shape index (κ3) is 5.58. The van der Waals surface area contributed by atoms with Gasteiger partial charge >= 0.3 is 0 Å². The van der Waals surface area contributed by atoms with Gasteiger partial charge in [-0.05, 0) is 31.0 Å². The number of carbonyl (C=O) groups excluding carboxylic acids is 1. The highest BCUT2D eigenvalue weighted by molar-refractivity contribution is 5.92. The summed E-state index contributed by atoms with van der Waals surface area (Å²) in [6.07, 6.45) is 2.87. The molecule has 0 spiro atoms. The second-order valence-corrected chi connectivity index (χ2v) is 4.48. The molecule has 0 saturated heterocycles. The van der Waals surface area contributed by atoms with E-state index in [1.807, 2.05) is 25.1 Å². The van der Waals surface area contributed by atoms with Crippen LogP contribution in [0.4, 0.5) is 5.69 Å². The number of nitrogens with one attached hydrogen (secondary N) is 1. The van der Waals surface area contributed by atoms with Crippen LogP contribution in [-0.2, 0) is 4.79 Å². The molecule has 0 heterocycles. The molecule has 0 radical (unpaired) electrons. The smallest absolute Gasteiger partial charge is 0.224 e. The highest BCUT2D eigenvalue weighted by atomic mass is 16.2. The summed E-state index contributed by atoms with van der Waals surface area (Å²) >= 11 is 0. The highest BCUT2D eigenvalue weighted by Gasteiger charge is 2.05. The molecule has 1 aromatic rings. The molecular weight excluding hydrogens is 238 g/mol. The lowest BCUT2D eigenvalue weighted by molar-refractivity contribution is -0.116. The molecule has 102 valence electrons. The van der Waals surface area contributed by atoms with Crippen molar-refractivity contribution in [3.05, 3.63) is 29.3 Å². The van der Waals surface area contributed by atoms with Crippen LogP contribution in [0, 0.1) is 18.8 Å². The van der Waals surface area contributed by atoms with E-state index in [4.69, 9.17) is 5.11 Å². The first kappa shape index (κ1) is 15.3. The molecule has 19 heavy (non-hydrogen) atoms. The number of aryl methyl sites for hydroxylation is 1. The van der Waals surface area contributed by atoms with Crippen LogP contribution in [0.1, 0.15) is 43.7 Å². The summed E-state index contributed by atoms with van der Waals surface area (Å²) in [6, 6.07) is 5.78. The molecule has 1 amide bonds. The van der Waals surface area contributed by atoms with Crippen molar-refractivity contribution in [2.24, 2.45) is 0 Å². The number of anilines is 1. The van der Waals surface area contributed by atoms with Crippen molar-refractivity contribution in [3.63, 3.8) is 0 Å². The van der Waals surface area contributed by atoms with E-state index in [0.29, 0.717) is 12.8 Å². The minimum absolute atomic E-state index is 0.0256. The molecule has 0 atom stereocenters. The van der Waals surface area contributed by atoms with Gasteiger partial charge in [0.1, 0.15) is 0 Å². The zero-order valence-corrected chi connectivity index (χ0v) is 11.6. The Labute approximate surface area is 115 Å². The first-order valence-corrected chi connectivity index (χ1v) is 6.67. The van der Waals surface area contributed by atoms with Crippen molar-refractivity contribution in [1.29, 1.82) is 0 Å². The van der Waals surface area contributed by atoms with Crippen LogP contribution in [0.2, 0.25) is 0 Å². The fourth-order valence-corrected chi connectivity index (χ4v) is 1.63. The van der Waals surface area contributed by atoms with Crippen LogP contribution in [0.15, 0.2) is 18.2 Å². The Morgan fingerprint density at radius 2 is 2.21 bits per heavy atom. The molecule has 0 aliphatic rings. The van der Waals surface area contributed by atoms with Crippen LogP contribution in [0.5, 0.6) is 0 Å². The van der Waals surface area contributed by atoms with Gasteiger partial charge in [-0.2, -0.15) is 0 Å². The number of unbranched alkanes of at least 4 members (excludes halogenated alkanes) is 1. The van der Waals surface area contributed by atoms with E-state index < -0.39 is 0 Å². The number of rotatable bonds is 5. The summed E-state index contributed by atoms with van der Waals surface area (Å²) in [5.74, 6) is 5.88. The van der Waals surface area contributed by atoms with E-state index in [0.717, 1.165) is 29.7 Å². The van der Waals surface area contributed by atoms with Crippen LogP contribution in [-0.4, -0.2) is 17.6 Å². The monoisotopic (exact) mass is 259 g/mol. The van der Waals surface area contributed by atoms with Gasteiger partial charge in [0, 0.05) is 18.4 Å². The lowest BCUT2D eigenvalue weighted by Crippen LogP contribution is -2.12. The van der Waals surface area contributed by atoms with Gasteiger partial charge in [-0.25, -0.2) is 0 Å². The predicted octanol–water partition coefficient (Wildman–Crippen LogP) is 2.86. The van der Waals surface area contributed by atoms with Crippen molar-refractivity contribution in [2.45, 2.75) is 39.5 Å². The highest BCUT2D eigenvalue weighted by Crippen LogP contribution is 2.17. The van der Waals surface area contributed by atoms with Gasteiger partial charge in [0.2, 0.25) is 5.91 Å². The number of amides is 1. The van der Waals surface area contributed by atoms with E-state index in [-0.39, 0.29) is 12.5 Å². The maximum atomic E-state index is 11.8. The van der Waals surface area contributed by atoms with Gasteiger partial charge in [0.25, 0.3) is 0 Å². The molecule has 0 fully saturated rings. The molecule has 0 unspecified atom stereocenters. The normalized spacial score (nSPS) is 9.63. The topological polar surface area (TPSA) is 49.3 Å². The molecule has 2 N–H and O–H groups in total. The van der Waals surface area contributed by atoms with Gasteiger partial charge in [-0.1, -0.05) is 31.3 Å². The molecule has 0 aliphatic carbocycles. The molecule has 3 nitrogen and oxygen atoms in total. The number of hydrogen-bond donors (Lipinski definition) is 2. The molecule has 1 aromatic carbocycles. The standard InChI is InChI=1S/C16H21NO2/c1-3-4-8-16(19)17-15-12-13(2)9-10-14(15)7-5-6-11-18/h9-10,12,18H,3-4,6,8,11H2,1-2H3,(H,17,19). The second-order valence-electron chi connectivity index (χ2n) is 4.48. The molecular formula is C16H21NO2. The van der Waals surface area contributed by atoms with E-state index in [1.54, 1.807) is 0 Å². The summed E-state index contributed by atoms with van der Waals surface area (Å²) in [6.45, 7) is 4.09. The average Bonchev–Trinajstić information content (AvgIpc) is 2.39. The van der Waals surface area contributed by atoms with Crippen molar-refractivity contribution >= 4 is 11.6 Å². The van der Waals surface area contributed by atoms with Crippen LogP contribution < -0.4 is 5.32 Å².